The van der Waals surface area contributed by atoms with E-state index < -0.39 is 5.54 Å². The van der Waals surface area contributed by atoms with Crippen LogP contribution in [-0.4, -0.2) is 5.91 Å². The highest BCUT2D eigenvalue weighted by atomic mass is 19.1. The van der Waals surface area contributed by atoms with Gasteiger partial charge in [0.15, 0.2) is 0 Å². The van der Waals surface area contributed by atoms with Gasteiger partial charge in [0.05, 0.1) is 5.54 Å². The van der Waals surface area contributed by atoms with E-state index in [1.807, 2.05) is 19.1 Å². The fraction of sp³-hybridized carbons (Fsp3) is 0.235. The fourth-order valence-electron chi connectivity index (χ4n) is 2.10. The Balaban J connectivity index is 2.22. The number of nitrogens with one attached hydrogen (secondary N) is 1. The summed E-state index contributed by atoms with van der Waals surface area (Å²) >= 11 is 0. The van der Waals surface area contributed by atoms with Gasteiger partial charge in [-0.2, -0.15) is 0 Å². The maximum absolute atomic E-state index is 13.8. The average molecular weight is 271 g/mol. The van der Waals surface area contributed by atoms with Crippen LogP contribution in [0.2, 0.25) is 0 Å². The highest BCUT2D eigenvalue weighted by Crippen LogP contribution is 2.23. The van der Waals surface area contributed by atoms with Gasteiger partial charge in [0, 0.05) is 11.1 Å². The Hall–Kier alpha value is -2.16. The molecule has 0 aliphatic carbocycles. The highest BCUT2D eigenvalue weighted by Gasteiger charge is 2.26. The quantitative estimate of drug-likeness (QED) is 0.904. The number of carbonyl (C=O) groups excluding carboxylic acids is 1. The van der Waals surface area contributed by atoms with Crippen molar-refractivity contribution in [1.82, 2.24) is 5.32 Å². The zero-order chi connectivity index (χ0) is 14.8. The molecule has 1 amide bonds. The summed E-state index contributed by atoms with van der Waals surface area (Å²) in [6.07, 6.45) is 0. The van der Waals surface area contributed by atoms with E-state index in [-0.39, 0.29) is 11.7 Å². The molecule has 0 saturated heterocycles. The summed E-state index contributed by atoms with van der Waals surface area (Å²) in [7, 11) is 0. The van der Waals surface area contributed by atoms with Crippen LogP contribution in [-0.2, 0) is 5.54 Å². The predicted molar refractivity (Wildman–Crippen MR) is 78.1 cm³/mol. The summed E-state index contributed by atoms with van der Waals surface area (Å²) in [6.45, 7) is 5.54. The first-order valence-corrected chi connectivity index (χ1v) is 6.54. The second kappa shape index (κ2) is 5.45. The maximum Gasteiger partial charge on any atom is 0.251 e. The van der Waals surface area contributed by atoms with Gasteiger partial charge in [-0.3, -0.25) is 4.79 Å². The Labute approximate surface area is 118 Å². The van der Waals surface area contributed by atoms with Crippen molar-refractivity contribution in [1.29, 1.82) is 0 Å². The number of hydrogen-bond donors (Lipinski definition) is 1. The Morgan fingerprint density at radius 1 is 1.05 bits per heavy atom. The molecule has 0 saturated carbocycles. The van der Waals surface area contributed by atoms with Crippen molar-refractivity contribution in [3.05, 3.63) is 71.0 Å². The molecule has 20 heavy (non-hydrogen) atoms. The Morgan fingerprint density at radius 2 is 1.65 bits per heavy atom. The van der Waals surface area contributed by atoms with Crippen LogP contribution in [0.25, 0.3) is 0 Å². The molecule has 0 unspecified atom stereocenters. The first kappa shape index (κ1) is 14.3. The Morgan fingerprint density at radius 3 is 2.25 bits per heavy atom. The van der Waals surface area contributed by atoms with E-state index in [0.717, 1.165) is 5.56 Å². The third kappa shape index (κ3) is 3.05. The van der Waals surface area contributed by atoms with Crippen LogP contribution in [0.1, 0.15) is 35.3 Å². The van der Waals surface area contributed by atoms with Crippen molar-refractivity contribution in [3.8, 4) is 0 Å². The van der Waals surface area contributed by atoms with Crippen LogP contribution in [0, 0.1) is 12.7 Å². The van der Waals surface area contributed by atoms with Gasteiger partial charge in [0.2, 0.25) is 0 Å². The Bertz CT molecular complexity index is 617. The van der Waals surface area contributed by atoms with E-state index in [4.69, 9.17) is 0 Å². The number of hydrogen-bond acceptors (Lipinski definition) is 1. The minimum absolute atomic E-state index is 0.210. The maximum atomic E-state index is 13.8. The molecule has 0 aliphatic heterocycles. The molecule has 0 radical (unpaired) electrons. The SMILES string of the molecule is Cc1ccc(C(=O)NC(C)(C)c2ccccc2F)cc1. The van der Waals surface area contributed by atoms with Crippen LogP contribution in [0.4, 0.5) is 4.39 Å². The van der Waals surface area contributed by atoms with Crippen LogP contribution in [0.3, 0.4) is 0 Å². The van der Waals surface area contributed by atoms with Gasteiger partial charge >= 0.3 is 0 Å². The van der Waals surface area contributed by atoms with Crippen molar-refractivity contribution in [3.63, 3.8) is 0 Å². The third-order valence-electron chi connectivity index (χ3n) is 3.29. The molecule has 1 N–H and O–H groups in total. The molecule has 2 nitrogen and oxygen atoms in total. The lowest BCUT2D eigenvalue weighted by atomic mass is 9.93. The molecule has 3 heteroatoms. The molecule has 2 aromatic rings. The molecule has 0 bridgehead atoms. The van der Waals surface area contributed by atoms with Crippen LogP contribution >= 0.6 is 0 Å². The molecular weight excluding hydrogens is 253 g/mol. The molecule has 0 fully saturated rings. The van der Waals surface area contributed by atoms with Crippen molar-refractivity contribution >= 4 is 5.91 Å². The topological polar surface area (TPSA) is 29.1 Å². The number of carbonyl (C=O) groups is 1. The normalized spacial score (nSPS) is 11.2. The smallest absolute Gasteiger partial charge is 0.251 e. The van der Waals surface area contributed by atoms with Crippen molar-refractivity contribution in [2.24, 2.45) is 0 Å². The summed E-state index contributed by atoms with van der Waals surface area (Å²) < 4.78 is 13.8. The van der Waals surface area contributed by atoms with Gasteiger partial charge in [-0.05, 0) is 39.0 Å². The second-order valence-corrected chi connectivity index (χ2v) is 5.42. The van der Waals surface area contributed by atoms with Gasteiger partial charge in [-0.15, -0.1) is 0 Å². The van der Waals surface area contributed by atoms with E-state index >= 15 is 0 Å². The van der Waals surface area contributed by atoms with Gasteiger partial charge in [0.25, 0.3) is 5.91 Å². The summed E-state index contributed by atoms with van der Waals surface area (Å²) in [4.78, 5) is 12.2. The molecule has 2 rings (SSSR count). The zero-order valence-corrected chi connectivity index (χ0v) is 11.9. The molecule has 0 aromatic heterocycles. The minimum Gasteiger partial charge on any atom is -0.343 e. The number of aryl methyl sites for hydroxylation is 1. The lowest BCUT2D eigenvalue weighted by Crippen LogP contribution is -2.41. The Kier molecular flexibility index (Phi) is 3.89. The van der Waals surface area contributed by atoms with Crippen molar-refractivity contribution in [2.45, 2.75) is 26.3 Å². The van der Waals surface area contributed by atoms with Crippen molar-refractivity contribution in [2.75, 3.05) is 0 Å². The summed E-state index contributed by atoms with van der Waals surface area (Å²) in [5.74, 6) is -0.528. The first-order valence-electron chi connectivity index (χ1n) is 6.54. The lowest BCUT2D eigenvalue weighted by molar-refractivity contribution is 0.0911. The summed E-state index contributed by atoms with van der Waals surface area (Å²) in [6, 6.07) is 13.8. The third-order valence-corrected chi connectivity index (χ3v) is 3.29. The van der Waals surface area contributed by atoms with Gasteiger partial charge in [-0.1, -0.05) is 35.9 Å². The second-order valence-electron chi connectivity index (χ2n) is 5.42. The van der Waals surface area contributed by atoms with E-state index in [2.05, 4.69) is 5.32 Å². The molecule has 104 valence electrons. The first-order chi connectivity index (χ1) is 9.40. The molecule has 2 aromatic carbocycles. The van der Waals surface area contributed by atoms with Crippen LogP contribution in [0.5, 0.6) is 0 Å². The van der Waals surface area contributed by atoms with Crippen LogP contribution in [0.15, 0.2) is 48.5 Å². The van der Waals surface area contributed by atoms with Crippen molar-refractivity contribution < 1.29 is 9.18 Å². The number of halogens is 1. The molecular formula is C17H18FNO. The fourth-order valence-corrected chi connectivity index (χ4v) is 2.10. The van der Waals surface area contributed by atoms with E-state index in [1.165, 1.54) is 6.07 Å². The van der Waals surface area contributed by atoms with Gasteiger partial charge < -0.3 is 5.32 Å². The van der Waals surface area contributed by atoms with E-state index in [1.54, 1.807) is 44.2 Å². The monoisotopic (exact) mass is 271 g/mol. The number of benzene rings is 2. The van der Waals surface area contributed by atoms with Crippen LogP contribution < -0.4 is 5.32 Å². The minimum atomic E-state index is -0.771. The average Bonchev–Trinajstić information content (AvgIpc) is 2.39. The van der Waals surface area contributed by atoms with E-state index in [9.17, 15) is 9.18 Å². The molecule has 0 aliphatic rings. The lowest BCUT2D eigenvalue weighted by Gasteiger charge is -2.27. The molecule has 0 atom stereocenters. The largest absolute Gasteiger partial charge is 0.343 e. The summed E-state index contributed by atoms with van der Waals surface area (Å²) in [5, 5.41) is 2.87. The number of amides is 1. The molecule has 0 spiro atoms. The van der Waals surface area contributed by atoms with Gasteiger partial charge in [-0.25, -0.2) is 4.39 Å². The predicted octanol–water partition coefficient (Wildman–Crippen LogP) is 3.80. The summed E-state index contributed by atoms with van der Waals surface area (Å²) in [5.41, 5.74) is 1.36. The molecule has 0 heterocycles. The van der Waals surface area contributed by atoms with Gasteiger partial charge in [0.1, 0.15) is 5.82 Å². The standard InChI is InChI=1S/C17H18FNO/c1-12-8-10-13(11-9-12)16(20)19-17(2,3)14-6-4-5-7-15(14)18/h4-11H,1-3H3,(H,19,20). The zero-order valence-electron chi connectivity index (χ0n) is 11.9. The van der Waals surface area contributed by atoms with E-state index in [0.29, 0.717) is 11.1 Å². The number of rotatable bonds is 3. The highest BCUT2D eigenvalue weighted by molar-refractivity contribution is 5.94.